The van der Waals surface area contributed by atoms with Crippen LogP contribution < -0.4 is 10.1 Å². The van der Waals surface area contributed by atoms with Crippen molar-refractivity contribution in [1.82, 2.24) is 10.3 Å². The largest absolute Gasteiger partial charge is 0.493 e. The molecular formula is C30H26Cl2N2O3. The van der Waals surface area contributed by atoms with Gasteiger partial charge in [0, 0.05) is 52.4 Å². The number of pyridine rings is 1. The summed E-state index contributed by atoms with van der Waals surface area (Å²) in [4.78, 5) is 18.6. The third kappa shape index (κ3) is 4.79. The summed E-state index contributed by atoms with van der Waals surface area (Å²) in [6.45, 7) is 1.91. The molecule has 1 N–H and O–H groups in total. The van der Waals surface area contributed by atoms with Crippen LogP contribution in [-0.2, 0) is 4.74 Å². The van der Waals surface area contributed by atoms with E-state index < -0.39 is 0 Å². The van der Waals surface area contributed by atoms with Gasteiger partial charge in [-0.3, -0.25) is 9.78 Å². The lowest BCUT2D eigenvalue weighted by atomic mass is 9.85. The summed E-state index contributed by atoms with van der Waals surface area (Å²) >= 11 is 12.6. The first-order valence-corrected chi connectivity index (χ1v) is 13.3. The number of fused-ring (bicyclic) bond motifs is 2. The highest BCUT2D eigenvalue weighted by Crippen LogP contribution is 2.39. The van der Waals surface area contributed by atoms with Crippen LogP contribution in [0.1, 0.15) is 52.7 Å². The third-order valence-corrected chi connectivity index (χ3v) is 7.69. The molecule has 0 spiro atoms. The molecule has 1 fully saturated rings. The van der Waals surface area contributed by atoms with Crippen molar-refractivity contribution in [3.8, 4) is 16.9 Å². The molecule has 0 saturated carbocycles. The Hall–Kier alpha value is -3.12. The normalized spacial score (nSPS) is 17.7. The van der Waals surface area contributed by atoms with Crippen molar-refractivity contribution < 1.29 is 14.3 Å². The van der Waals surface area contributed by atoms with Crippen molar-refractivity contribution in [2.24, 2.45) is 0 Å². The van der Waals surface area contributed by atoms with E-state index in [-0.39, 0.29) is 17.9 Å². The number of carbonyl (C=O) groups excluding carboxylic acids is 1. The van der Waals surface area contributed by atoms with E-state index in [1.165, 1.54) is 0 Å². The molecule has 2 aliphatic heterocycles. The number of hydrogen-bond donors (Lipinski definition) is 1. The maximum atomic E-state index is 13.8. The molecule has 3 aromatic carbocycles. The molecule has 2 aliphatic rings. The van der Waals surface area contributed by atoms with Crippen LogP contribution in [0.4, 0.5) is 0 Å². The molecule has 4 aromatic rings. The first-order chi connectivity index (χ1) is 18.1. The minimum Gasteiger partial charge on any atom is -0.493 e. The number of ether oxygens (including phenoxy) is 2. The van der Waals surface area contributed by atoms with E-state index in [0.717, 1.165) is 58.2 Å². The van der Waals surface area contributed by atoms with Gasteiger partial charge in [0.15, 0.2) is 0 Å². The van der Waals surface area contributed by atoms with Gasteiger partial charge in [-0.15, -0.1) is 0 Å². The number of carbonyl (C=O) groups is 1. The summed E-state index contributed by atoms with van der Waals surface area (Å²) in [6, 6.07) is 19.3. The molecule has 6 rings (SSSR count). The van der Waals surface area contributed by atoms with Gasteiger partial charge < -0.3 is 14.8 Å². The second-order valence-electron chi connectivity index (χ2n) is 9.53. The van der Waals surface area contributed by atoms with Crippen molar-refractivity contribution in [2.75, 3.05) is 19.8 Å². The Morgan fingerprint density at radius 1 is 0.919 bits per heavy atom. The highest BCUT2D eigenvalue weighted by atomic mass is 35.5. The van der Waals surface area contributed by atoms with Crippen LogP contribution in [0, 0.1) is 0 Å². The van der Waals surface area contributed by atoms with Crippen LogP contribution >= 0.6 is 23.2 Å². The smallest absolute Gasteiger partial charge is 0.253 e. The Kier molecular flexibility index (Phi) is 6.76. The maximum Gasteiger partial charge on any atom is 0.253 e. The van der Waals surface area contributed by atoms with E-state index >= 15 is 0 Å². The molecular weight excluding hydrogens is 507 g/mol. The summed E-state index contributed by atoms with van der Waals surface area (Å²) < 4.78 is 11.4. The van der Waals surface area contributed by atoms with Gasteiger partial charge in [-0.25, -0.2) is 0 Å². The van der Waals surface area contributed by atoms with Gasteiger partial charge in [-0.1, -0.05) is 59.6 Å². The minimum absolute atomic E-state index is 0.115. The van der Waals surface area contributed by atoms with Gasteiger partial charge in [0.25, 0.3) is 5.91 Å². The quantitative estimate of drug-likeness (QED) is 0.298. The minimum atomic E-state index is -0.117. The lowest BCUT2D eigenvalue weighted by molar-refractivity contribution is 0.0840. The van der Waals surface area contributed by atoms with Crippen LogP contribution in [0.3, 0.4) is 0 Å². The molecule has 5 nitrogen and oxygen atoms in total. The topological polar surface area (TPSA) is 60.5 Å². The maximum absolute atomic E-state index is 13.8. The van der Waals surface area contributed by atoms with E-state index in [2.05, 4.69) is 11.4 Å². The number of para-hydroxylation sites is 2. The molecule has 7 heteroatoms. The zero-order valence-corrected chi connectivity index (χ0v) is 21.7. The van der Waals surface area contributed by atoms with Gasteiger partial charge in [-0.2, -0.15) is 0 Å². The Morgan fingerprint density at radius 2 is 1.70 bits per heavy atom. The van der Waals surface area contributed by atoms with Gasteiger partial charge in [0.1, 0.15) is 5.75 Å². The number of nitrogens with one attached hydrogen (secondary N) is 1. The number of halogens is 2. The summed E-state index contributed by atoms with van der Waals surface area (Å²) in [5.41, 5.74) is 5.30. The second-order valence-corrected chi connectivity index (χ2v) is 10.4. The van der Waals surface area contributed by atoms with E-state index in [1.807, 2.05) is 48.5 Å². The summed E-state index contributed by atoms with van der Waals surface area (Å²) in [7, 11) is 0. The van der Waals surface area contributed by atoms with Gasteiger partial charge in [-0.05, 0) is 54.2 Å². The Labute approximate surface area is 225 Å². The second kappa shape index (κ2) is 10.3. The molecule has 188 valence electrons. The van der Waals surface area contributed by atoms with Crippen LogP contribution in [-0.4, -0.2) is 30.7 Å². The van der Waals surface area contributed by atoms with Crippen molar-refractivity contribution in [3.05, 3.63) is 93.6 Å². The van der Waals surface area contributed by atoms with Gasteiger partial charge >= 0.3 is 0 Å². The van der Waals surface area contributed by atoms with E-state index in [4.69, 9.17) is 37.7 Å². The summed E-state index contributed by atoms with van der Waals surface area (Å²) in [5, 5.41) is 5.38. The zero-order valence-electron chi connectivity index (χ0n) is 20.2. The van der Waals surface area contributed by atoms with Crippen molar-refractivity contribution in [3.63, 3.8) is 0 Å². The van der Waals surface area contributed by atoms with E-state index in [0.29, 0.717) is 35.4 Å². The van der Waals surface area contributed by atoms with Crippen molar-refractivity contribution in [2.45, 2.75) is 31.2 Å². The fourth-order valence-corrected chi connectivity index (χ4v) is 6.05. The van der Waals surface area contributed by atoms with Crippen LogP contribution in [0.5, 0.6) is 5.75 Å². The SMILES string of the molecule is O=C(NC1CCOc2ccccc21)c1cnc2c(-c3cc(Cl)cc(Cl)c3)cccc2c1C1CCOCC1. The van der Waals surface area contributed by atoms with Crippen LogP contribution in [0.25, 0.3) is 22.0 Å². The Morgan fingerprint density at radius 3 is 2.51 bits per heavy atom. The lowest BCUT2D eigenvalue weighted by Crippen LogP contribution is -2.33. The van der Waals surface area contributed by atoms with Crippen molar-refractivity contribution >= 4 is 40.0 Å². The third-order valence-electron chi connectivity index (χ3n) is 7.25. The lowest BCUT2D eigenvalue weighted by Gasteiger charge is -2.29. The molecule has 1 aromatic heterocycles. The average Bonchev–Trinajstić information content (AvgIpc) is 2.92. The molecule has 0 radical (unpaired) electrons. The van der Waals surface area contributed by atoms with Crippen LogP contribution in [0.15, 0.2) is 66.9 Å². The fraction of sp³-hybridized carbons (Fsp3) is 0.267. The average molecular weight is 533 g/mol. The molecule has 37 heavy (non-hydrogen) atoms. The number of aromatic nitrogens is 1. The highest BCUT2D eigenvalue weighted by Gasteiger charge is 2.28. The predicted molar refractivity (Wildman–Crippen MR) is 147 cm³/mol. The summed E-state index contributed by atoms with van der Waals surface area (Å²) in [5.74, 6) is 0.902. The van der Waals surface area contributed by atoms with E-state index in [1.54, 1.807) is 12.3 Å². The molecule has 0 aliphatic carbocycles. The first kappa shape index (κ1) is 24.2. The predicted octanol–water partition coefficient (Wildman–Crippen LogP) is 7.36. The molecule has 3 heterocycles. The van der Waals surface area contributed by atoms with Gasteiger partial charge in [0.05, 0.1) is 23.7 Å². The van der Waals surface area contributed by atoms with Gasteiger partial charge in [0.2, 0.25) is 0 Å². The zero-order chi connectivity index (χ0) is 25.4. The van der Waals surface area contributed by atoms with Crippen molar-refractivity contribution in [1.29, 1.82) is 0 Å². The number of rotatable bonds is 4. The van der Waals surface area contributed by atoms with E-state index in [9.17, 15) is 4.79 Å². The fourth-order valence-electron chi connectivity index (χ4n) is 5.52. The Bertz CT molecular complexity index is 1460. The number of amides is 1. The first-order valence-electron chi connectivity index (χ1n) is 12.6. The Balaban J connectivity index is 1.45. The molecule has 0 bridgehead atoms. The molecule has 1 atom stereocenters. The number of benzene rings is 3. The molecule has 1 amide bonds. The summed E-state index contributed by atoms with van der Waals surface area (Å²) in [6.07, 6.45) is 4.15. The van der Waals surface area contributed by atoms with Crippen LogP contribution in [0.2, 0.25) is 10.0 Å². The monoisotopic (exact) mass is 532 g/mol. The molecule has 1 saturated heterocycles. The number of hydrogen-bond acceptors (Lipinski definition) is 4. The highest BCUT2D eigenvalue weighted by molar-refractivity contribution is 6.35. The molecule has 1 unspecified atom stereocenters. The standard InChI is InChI=1S/C30H26Cl2N2O3/c31-20-14-19(15-21(32)16-20)22-5-3-6-24-28(18-8-11-36-12-9-18)25(17-33-29(22)24)30(35)34-26-10-13-37-27-7-2-1-4-23(26)27/h1-7,14-18,26H,8-13H2,(H,34,35). The number of nitrogens with zero attached hydrogens (tertiary/aromatic N) is 1.